The zero-order chi connectivity index (χ0) is 54.8. The predicted octanol–water partition coefficient (Wildman–Crippen LogP) is 13.2. The summed E-state index contributed by atoms with van der Waals surface area (Å²) in [5.41, 5.74) is -2.09. The summed E-state index contributed by atoms with van der Waals surface area (Å²) in [6, 6.07) is 21.2. The number of carbonyl (C=O) groups excluding carboxylic acids is 2. The number of halogens is 11. The molecule has 13 nitrogen and oxygen atoms in total. The van der Waals surface area contributed by atoms with E-state index in [0.29, 0.717) is 26.9 Å². The molecule has 0 bridgehead atoms. The van der Waals surface area contributed by atoms with Crippen molar-refractivity contribution in [2.24, 2.45) is 0 Å². The number of ketones is 1. The first-order chi connectivity index (χ1) is 34.1. The second-order valence-electron chi connectivity index (χ2n) is 14.2. The summed E-state index contributed by atoms with van der Waals surface area (Å²) >= 11 is 28.9. The minimum absolute atomic E-state index is 0.00177. The minimum atomic E-state index is -4.89. The molecule has 6 aromatic rings. The number of hydroxylamine groups is 2. The molecule has 0 aliphatic heterocycles. The Hall–Kier alpha value is -4.34. The number of ether oxygens (including phenoxy) is 1. The highest BCUT2D eigenvalue weighted by molar-refractivity contribution is 9.10. The number of methoxy groups -OCH3 is 1. The van der Waals surface area contributed by atoms with Crippen LogP contribution in [0, 0.1) is 0 Å². The van der Waals surface area contributed by atoms with Crippen LogP contribution in [0.3, 0.4) is 0 Å². The lowest BCUT2D eigenvalue weighted by molar-refractivity contribution is -0.138. The van der Waals surface area contributed by atoms with Gasteiger partial charge in [-0.25, -0.2) is 36.2 Å². The van der Waals surface area contributed by atoms with E-state index >= 15 is 0 Å². The lowest BCUT2D eigenvalue weighted by atomic mass is 10.1. The third-order valence-electron chi connectivity index (χ3n) is 9.67. The normalized spacial score (nSPS) is 11.7. The Morgan fingerprint density at radius 3 is 1.59 bits per heavy atom. The quantitative estimate of drug-likeness (QED) is 0.0254. The van der Waals surface area contributed by atoms with Crippen LogP contribution in [0.2, 0.25) is 20.1 Å². The van der Waals surface area contributed by atoms with E-state index in [1.807, 2.05) is 24.5 Å². The van der Waals surface area contributed by atoms with Crippen LogP contribution in [0.1, 0.15) is 37.5 Å². The largest absolute Gasteiger partial charge is 0.417 e. The topological polar surface area (TPSA) is 156 Å². The van der Waals surface area contributed by atoms with E-state index in [-0.39, 0.29) is 43.2 Å². The summed E-state index contributed by atoms with van der Waals surface area (Å²) in [4.78, 5) is 38.2. The van der Waals surface area contributed by atoms with Gasteiger partial charge in [0.1, 0.15) is 17.0 Å². The first-order valence-corrected chi connectivity index (χ1v) is 27.5. The van der Waals surface area contributed by atoms with Crippen molar-refractivity contribution in [1.82, 2.24) is 15.0 Å². The van der Waals surface area contributed by atoms with Crippen LogP contribution in [0.5, 0.6) is 0 Å². The SMILES string of the molecule is CN(c1cc(Cl)cnc1Br)S(=O)(=O)c1ccc(Cl)c(C(F)(F)F)c1.COCN(c1cc(Cl)cnc1C(=O)c1ccccc1SC)S(=O)(=O)c1ccc(Cl)c(C(F)(F)F)c1.CON(C)C(=O)c1ccccc1SC. The van der Waals surface area contributed by atoms with Gasteiger partial charge in [-0.2, -0.15) is 26.3 Å². The van der Waals surface area contributed by atoms with Crippen LogP contribution >= 0.6 is 85.9 Å². The molecule has 6 rings (SSSR count). The van der Waals surface area contributed by atoms with Crippen molar-refractivity contribution in [1.29, 1.82) is 0 Å². The molecule has 1 amide bonds. The number of anilines is 2. The molecule has 392 valence electrons. The smallest absolute Gasteiger partial charge is 0.363 e. The van der Waals surface area contributed by atoms with E-state index in [4.69, 9.17) is 56.0 Å². The maximum atomic E-state index is 13.5. The Kier molecular flexibility index (Phi) is 21.7. The van der Waals surface area contributed by atoms with Gasteiger partial charge in [0.15, 0.2) is 0 Å². The second-order valence-corrected chi connectivity index (χ2v) is 22.2. The number of hydrogen-bond acceptors (Lipinski definition) is 12. The van der Waals surface area contributed by atoms with Crippen molar-refractivity contribution in [3.8, 4) is 0 Å². The molecule has 0 aliphatic rings. The molecule has 2 aromatic heterocycles. The molecular formula is C45H38BrCl4F6N5O8S4. The van der Waals surface area contributed by atoms with E-state index in [1.54, 1.807) is 55.4 Å². The Morgan fingerprint density at radius 1 is 0.658 bits per heavy atom. The number of rotatable bonds is 14. The molecule has 0 atom stereocenters. The van der Waals surface area contributed by atoms with Gasteiger partial charge in [0.05, 0.1) is 65.1 Å². The maximum absolute atomic E-state index is 13.5. The van der Waals surface area contributed by atoms with Gasteiger partial charge in [0.2, 0.25) is 5.78 Å². The fourth-order valence-electron chi connectivity index (χ4n) is 6.02. The van der Waals surface area contributed by atoms with Crippen LogP contribution < -0.4 is 8.61 Å². The van der Waals surface area contributed by atoms with Crippen LogP contribution in [-0.2, 0) is 42.0 Å². The molecule has 0 spiro atoms. The van der Waals surface area contributed by atoms with Gasteiger partial charge in [0, 0.05) is 49.0 Å². The Balaban J connectivity index is 0.000000262. The van der Waals surface area contributed by atoms with Gasteiger partial charge in [0.25, 0.3) is 26.0 Å². The Morgan fingerprint density at radius 2 is 1.11 bits per heavy atom. The van der Waals surface area contributed by atoms with E-state index in [1.165, 1.54) is 62.6 Å². The zero-order valence-corrected chi connectivity index (χ0v) is 46.3. The molecular weight excluding hydrogens is 1200 g/mol. The van der Waals surface area contributed by atoms with Crippen molar-refractivity contribution < 1.29 is 62.3 Å². The molecule has 0 aliphatic carbocycles. The number of aromatic nitrogens is 2. The highest BCUT2D eigenvalue weighted by Crippen LogP contribution is 2.40. The number of amides is 1. The summed E-state index contributed by atoms with van der Waals surface area (Å²) in [5.74, 6) is -0.734. The summed E-state index contributed by atoms with van der Waals surface area (Å²) < 4.78 is 138. The summed E-state index contributed by atoms with van der Waals surface area (Å²) in [5, 5.41) is 0.133. The number of hydrogen-bond donors (Lipinski definition) is 0. The van der Waals surface area contributed by atoms with Gasteiger partial charge < -0.3 is 4.74 Å². The minimum Gasteiger partial charge on any atom is -0.363 e. The molecule has 2 heterocycles. The first-order valence-electron chi connectivity index (χ1n) is 19.9. The molecule has 0 saturated carbocycles. The van der Waals surface area contributed by atoms with Gasteiger partial charge in [-0.3, -0.25) is 18.7 Å². The zero-order valence-electron chi connectivity index (χ0n) is 38.4. The van der Waals surface area contributed by atoms with E-state index in [2.05, 4.69) is 25.9 Å². The molecule has 0 N–H and O–H groups in total. The fraction of sp³-hybridized carbons (Fsp3) is 0.200. The van der Waals surface area contributed by atoms with Crippen LogP contribution in [0.4, 0.5) is 37.7 Å². The van der Waals surface area contributed by atoms with Crippen molar-refractivity contribution in [2.75, 3.05) is 56.2 Å². The number of benzene rings is 4. The van der Waals surface area contributed by atoms with E-state index < -0.39 is 75.9 Å². The molecule has 0 fully saturated rings. The lowest BCUT2D eigenvalue weighted by Crippen LogP contribution is -2.34. The average molecular weight is 1240 g/mol. The van der Waals surface area contributed by atoms with Crippen LogP contribution in [0.15, 0.2) is 134 Å². The van der Waals surface area contributed by atoms with Crippen molar-refractivity contribution in [3.05, 3.63) is 162 Å². The van der Waals surface area contributed by atoms with E-state index in [9.17, 15) is 52.8 Å². The number of nitrogens with zero attached hydrogens (tertiary/aromatic N) is 5. The lowest BCUT2D eigenvalue weighted by Gasteiger charge is -2.25. The third kappa shape index (κ3) is 15.2. The number of pyridine rings is 2. The number of alkyl halides is 6. The van der Waals surface area contributed by atoms with E-state index in [0.717, 1.165) is 33.5 Å². The average Bonchev–Trinajstić information content (AvgIpc) is 3.35. The van der Waals surface area contributed by atoms with Crippen LogP contribution in [0.25, 0.3) is 0 Å². The molecule has 73 heavy (non-hydrogen) atoms. The molecule has 0 unspecified atom stereocenters. The molecule has 4 aromatic carbocycles. The standard InChI is InChI=1S/C22H17Cl2F3N2O4S2.C13H8BrCl2F3N2O2S.C10H13NO2S/c1-33-12-29(35(31,32)14-7-8-17(24)16(10-14)22(25,26)27)18-9-13(23)11-28-20(18)21(30)15-5-3-4-6-19(15)34-2;1-21(11-4-7(15)6-20-12(11)14)24(22,23)8-2-3-10(16)9(5-8)13(17,18)19;1-11(13-2)10(12)8-6-4-5-7-9(8)14-3/h3-11H,12H2,1-2H3;2-6H,1H3;4-7H,1-3H3. The fourth-order valence-corrected chi connectivity index (χ4v) is 11.2. The predicted molar refractivity (Wildman–Crippen MR) is 275 cm³/mol. The Bertz CT molecular complexity index is 3200. The van der Waals surface area contributed by atoms with Crippen molar-refractivity contribution in [2.45, 2.75) is 31.9 Å². The van der Waals surface area contributed by atoms with Crippen molar-refractivity contribution >= 4 is 129 Å². The van der Waals surface area contributed by atoms with Gasteiger partial charge in [-0.05, 0) is 101 Å². The number of thioether (sulfide) groups is 2. The van der Waals surface area contributed by atoms with Gasteiger partial charge >= 0.3 is 12.4 Å². The molecule has 28 heteroatoms. The maximum Gasteiger partial charge on any atom is 0.417 e. The third-order valence-corrected chi connectivity index (χ3v) is 16.4. The van der Waals surface area contributed by atoms with Gasteiger partial charge in [-0.1, -0.05) is 70.7 Å². The summed E-state index contributed by atoms with van der Waals surface area (Å²) in [7, 11) is -3.54. The van der Waals surface area contributed by atoms with Crippen LogP contribution in [-0.4, -0.2) is 91.1 Å². The highest BCUT2D eigenvalue weighted by Gasteiger charge is 2.38. The molecule has 0 radical (unpaired) electrons. The second kappa shape index (κ2) is 25.9. The monoisotopic (exact) mass is 1240 g/mol. The summed E-state index contributed by atoms with van der Waals surface area (Å²) in [6.45, 7) is -0.640. The first kappa shape index (κ1) is 61.2. The van der Waals surface area contributed by atoms with Gasteiger partial charge in [-0.15, -0.1) is 23.5 Å². The number of sulfonamides is 2. The number of carbonyl (C=O) groups is 2. The highest BCUT2D eigenvalue weighted by atomic mass is 79.9. The van der Waals surface area contributed by atoms with Crippen molar-refractivity contribution in [3.63, 3.8) is 0 Å². The Labute approximate surface area is 453 Å². The molecule has 0 saturated heterocycles. The summed E-state index contributed by atoms with van der Waals surface area (Å²) in [6.07, 6.45) is -3.50.